The van der Waals surface area contributed by atoms with Gasteiger partial charge in [0.1, 0.15) is 6.04 Å². The van der Waals surface area contributed by atoms with Crippen LogP contribution in [0.15, 0.2) is 54.7 Å². The van der Waals surface area contributed by atoms with E-state index in [9.17, 15) is 19.5 Å². The van der Waals surface area contributed by atoms with Gasteiger partial charge in [-0.15, -0.1) is 0 Å². The molecule has 7 heteroatoms. The maximum absolute atomic E-state index is 13.9. The summed E-state index contributed by atoms with van der Waals surface area (Å²) < 4.78 is 0. The predicted octanol–water partition coefficient (Wildman–Crippen LogP) is 5.72. The van der Waals surface area contributed by atoms with E-state index in [1.165, 1.54) is 0 Å². The van der Waals surface area contributed by atoms with Crippen LogP contribution in [0, 0.1) is 25.2 Å². The van der Waals surface area contributed by atoms with Crippen LogP contribution in [0.4, 0.5) is 0 Å². The number of nitrogens with one attached hydrogen (secondary N) is 1. The molecule has 2 N–H and O–H groups in total. The molecule has 3 rings (SSSR count). The number of benzene rings is 2. The van der Waals surface area contributed by atoms with Crippen LogP contribution in [0.1, 0.15) is 69.2 Å². The number of carboxylic acid groups (broad SMARTS) is 1. The molecule has 0 saturated heterocycles. The summed E-state index contributed by atoms with van der Waals surface area (Å²) in [4.78, 5) is 43.2. The van der Waals surface area contributed by atoms with Crippen LogP contribution >= 0.6 is 0 Å². The van der Waals surface area contributed by atoms with Gasteiger partial charge in [0.2, 0.25) is 11.8 Å². The van der Waals surface area contributed by atoms with Crippen molar-refractivity contribution in [1.29, 1.82) is 0 Å². The van der Waals surface area contributed by atoms with Gasteiger partial charge >= 0.3 is 5.97 Å². The molecule has 3 atom stereocenters. The zero-order chi connectivity index (χ0) is 29.6. The molecule has 0 saturated carbocycles. The van der Waals surface area contributed by atoms with E-state index in [1.54, 1.807) is 11.1 Å². The summed E-state index contributed by atoms with van der Waals surface area (Å²) in [7, 11) is 3.97. The number of rotatable bonds is 12. The van der Waals surface area contributed by atoms with E-state index in [1.807, 2.05) is 71.3 Å². The van der Waals surface area contributed by atoms with Crippen molar-refractivity contribution < 1.29 is 19.5 Å². The van der Waals surface area contributed by atoms with Crippen LogP contribution < -0.4 is 5.32 Å². The second kappa shape index (κ2) is 13.3. The van der Waals surface area contributed by atoms with Gasteiger partial charge in [-0.1, -0.05) is 63.2 Å². The van der Waals surface area contributed by atoms with Crippen molar-refractivity contribution in [2.45, 2.75) is 72.4 Å². The van der Waals surface area contributed by atoms with E-state index in [-0.39, 0.29) is 24.2 Å². The van der Waals surface area contributed by atoms with E-state index in [0.717, 1.165) is 34.4 Å². The highest BCUT2D eigenvalue weighted by molar-refractivity contribution is 5.92. The third-order valence-electron chi connectivity index (χ3n) is 7.78. The summed E-state index contributed by atoms with van der Waals surface area (Å²) in [6.07, 6.45) is 5.22. The first-order valence-electron chi connectivity index (χ1n) is 14.1. The summed E-state index contributed by atoms with van der Waals surface area (Å²) >= 11 is 0. The van der Waals surface area contributed by atoms with Crippen molar-refractivity contribution in [2.24, 2.45) is 11.3 Å². The zero-order valence-electron chi connectivity index (χ0n) is 25.0. The van der Waals surface area contributed by atoms with Crippen LogP contribution in [0.2, 0.25) is 0 Å². The quantitative estimate of drug-likeness (QED) is 0.355. The summed E-state index contributed by atoms with van der Waals surface area (Å²) in [6, 6.07) is 12.4. The minimum atomic E-state index is -1.01. The fourth-order valence-corrected chi connectivity index (χ4v) is 5.49. The van der Waals surface area contributed by atoms with Gasteiger partial charge in [-0.3, -0.25) is 14.4 Å². The van der Waals surface area contributed by atoms with Crippen LogP contribution in [0.5, 0.6) is 0 Å². The summed E-state index contributed by atoms with van der Waals surface area (Å²) in [5.41, 5.74) is 4.44. The van der Waals surface area contributed by atoms with Gasteiger partial charge in [0, 0.05) is 6.20 Å². The fraction of sp³-hybridized carbons (Fsp3) is 0.485. The van der Waals surface area contributed by atoms with E-state index >= 15 is 0 Å². The SMILES string of the molecule is Cc1cccc(C)c1-c1cccc([C@H](CC(=O)O)NC(=O)[C@@H](CC(C)C)N2C=CCC(C)(CCN(C)C)C2=O)c1. The molecule has 2 aromatic carbocycles. The third kappa shape index (κ3) is 7.60. The Kier molecular flexibility index (Phi) is 10.3. The smallest absolute Gasteiger partial charge is 0.305 e. The van der Waals surface area contributed by atoms with Gasteiger partial charge in [-0.05, 0) is 93.6 Å². The molecule has 1 heterocycles. The van der Waals surface area contributed by atoms with E-state index in [0.29, 0.717) is 19.3 Å². The van der Waals surface area contributed by atoms with E-state index in [2.05, 4.69) is 36.2 Å². The monoisotopic (exact) mass is 547 g/mol. The Morgan fingerprint density at radius 2 is 1.75 bits per heavy atom. The Morgan fingerprint density at radius 3 is 2.35 bits per heavy atom. The molecule has 0 aromatic heterocycles. The molecule has 0 bridgehead atoms. The van der Waals surface area contributed by atoms with Crippen molar-refractivity contribution >= 4 is 17.8 Å². The van der Waals surface area contributed by atoms with Gasteiger partial charge in [-0.25, -0.2) is 0 Å². The summed E-state index contributed by atoms with van der Waals surface area (Å²) in [6.45, 7) is 10.9. The molecule has 2 amide bonds. The van der Waals surface area contributed by atoms with Crippen LogP contribution in [0.3, 0.4) is 0 Å². The maximum Gasteiger partial charge on any atom is 0.305 e. The van der Waals surface area contributed by atoms with Crippen LogP contribution in [0.25, 0.3) is 11.1 Å². The van der Waals surface area contributed by atoms with Crippen LogP contribution in [-0.2, 0) is 14.4 Å². The molecule has 1 unspecified atom stereocenters. The zero-order valence-corrected chi connectivity index (χ0v) is 25.0. The largest absolute Gasteiger partial charge is 0.481 e. The lowest BCUT2D eigenvalue weighted by Gasteiger charge is -2.40. The Hall–Kier alpha value is -3.45. The number of amides is 2. The molecule has 216 valence electrons. The lowest BCUT2D eigenvalue weighted by molar-refractivity contribution is -0.147. The molecule has 7 nitrogen and oxygen atoms in total. The van der Waals surface area contributed by atoms with Crippen molar-refractivity contribution in [2.75, 3.05) is 20.6 Å². The predicted molar refractivity (Wildman–Crippen MR) is 160 cm³/mol. The Balaban J connectivity index is 1.93. The maximum atomic E-state index is 13.9. The first-order chi connectivity index (χ1) is 18.8. The molecular formula is C33H45N3O4. The first-order valence-corrected chi connectivity index (χ1v) is 14.1. The normalized spacial score (nSPS) is 18.7. The summed E-state index contributed by atoms with van der Waals surface area (Å²) in [5.74, 6) is -1.26. The number of carbonyl (C=O) groups is 3. The molecule has 40 heavy (non-hydrogen) atoms. The molecule has 2 aromatic rings. The van der Waals surface area contributed by atoms with Gasteiger partial charge in [0.25, 0.3) is 0 Å². The highest BCUT2D eigenvalue weighted by Gasteiger charge is 2.42. The third-order valence-corrected chi connectivity index (χ3v) is 7.78. The number of carbonyl (C=O) groups excluding carboxylic acids is 2. The number of hydrogen-bond donors (Lipinski definition) is 2. The lowest BCUT2D eigenvalue weighted by atomic mass is 9.79. The number of allylic oxidation sites excluding steroid dienone is 1. The molecule has 1 aliphatic heterocycles. The molecule has 0 aliphatic carbocycles. The van der Waals surface area contributed by atoms with Gasteiger partial charge in [-0.2, -0.15) is 0 Å². The standard InChI is InChI=1S/C33H45N3O4/c1-22(2)19-28(36-17-10-15-33(5,32(36)40)16-18-35(6)7)31(39)34-27(21-29(37)38)25-13-9-14-26(20-25)30-23(3)11-8-12-24(30)4/h8-14,17,20,22,27-28H,15-16,18-19,21H2,1-7H3,(H,34,39)(H,37,38)/t27-,28+,33?/m0/s1. The van der Waals surface area contributed by atoms with Crippen LogP contribution in [-0.4, -0.2) is 59.4 Å². The van der Waals surface area contributed by atoms with Crippen molar-refractivity contribution in [3.05, 3.63) is 71.4 Å². The topological polar surface area (TPSA) is 89.9 Å². The lowest BCUT2D eigenvalue weighted by Crippen LogP contribution is -2.54. The Bertz CT molecular complexity index is 1230. The first kappa shape index (κ1) is 31.1. The highest BCUT2D eigenvalue weighted by Crippen LogP contribution is 2.35. The molecule has 0 radical (unpaired) electrons. The molecule has 1 aliphatic rings. The summed E-state index contributed by atoms with van der Waals surface area (Å²) in [5, 5.41) is 12.8. The number of hydrogen-bond acceptors (Lipinski definition) is 4. The number of nitrogens with zero attached hydrogens (tertiary/aromatic N) is 2. The molecular weight excluding hydrogens is 502 g/mol. The molecule has 0 spiro atoms. The minimum Gasteiger partial charge on any atom is -0.481 e. The van der Waals surface area contributed by atoms with Gasteiger partial charge in [0.05, 0.1) is 17.9 Å². The number of aryl methyl sites for hydroxylation is 2. The van der Waals surface area contributed by atoms with Crippen molar-refractivity contribution in [3.8, 4) is 11.1 Å². The van der Waals surface area contributed by atoms with Crippen molar-refractivity contribution in [1.82, 2.24) is 15.1 Å². The Morgan fingerprint density at radius 1 is 1.10 bits per heavy atom. The van der Waals surface area contributed by atoms with Gasteiger partial charge in [0.15, 0.2) is 0 Å². The minimum absolute atomic E-state index is 0.0653. The Labute approximate surface area is 239 Å². The molecule has 0 fully saturated rings. The highest BCUT2D eigenvalue weighted by atomic mass is 16.4. The number of carboxylic acids is 1. The average molecular weight is 548 g/mol. The van der Waals surface area contributed by atoms with Gasteiger partial charge < -0.3 is 20.2 Å². The second-order valence-corrected chi connectivity index (χ2v) is 12.1. The van der Waals surface area contributed by atoms with E-state index in [4.69, 9.17) is 0 Å². The van der Waals surface area contributed by atoms with Crippen molar-refractivity contribution in [3.63, 3.8) is 0 Å². The second-order valence-electron chi connectivity index (χ2n) is 12.1. The fourth-order valence-electron chi connectivity index (χ4n) is 5.49. The number of aliphatic carboxylic acids is 1. The average Bonchev–Trinajstić information content (AvgIpc) is 2.87. The van der Waals surface area contributed by atoms with E-state index < -0.39 is 23.5 Å².